The monoisotopic (exact) mass is 462 g/mol. The Morgan fingerprint density at radius 2 is 1.68 bits per heavy atom. The Bertz CT molecular complexity index is 996. The van der Waals surface area contributed by atoms with Crippen LogP contribution in [0.5, 0.6) is 0 Å². The standard InChI is InChI=1S/C28H38N4O2/c1-20-8-10-21(11-9-20)27(34)32-16-14-31(15-17-32)25-13-12-22(19-29-25)26(33)30-24-7-5-6-23(18-24)28(2,3)4/h5-7,12-13,18-21H,8-11,14-17H2,1-4H3,(H,30,33). The van der Waals surface area contributed by atoms with Gasteiger partial charge in [-0.1, -0.05) is 39.8 Å². The van der Waals surface area contributed by atoms with E-state index in [-0.39, 0.29) is 17.2 Å². The Balaban J connectivity index is 1.31. The summed E-state index contributed by atoms with van der Waals surface area (Å²) in [4.78, 5) is 34.4. The SMILES string of the molecule is CC1CCC(C(=O)N2CCN(c3ccc(C(=O)Nc4cccc(C(C)(C)C)c4)cn3)CC2)CC1. The first-order chi connectivity index (χ1) is 16.2. The van der Waals surface area contributed by atoms with Crippen molar-refractivity contribution in [3.8, 4) is 0 Å². The van der Waals surface area contributed by atoms with E-state index in [1.807, 2.05) is 35.2 Å². The maximum atomic E-state index is 12.9. The van der Waals surface area contributed by atoms with Crippen molar-refractivity contribution in [1.82, 2.24) is 9.88 Å². The largest absolute Gasteiger partial charge is 0.353 e. The summed E-state index contributed by atoms with van der Waals surface area (Å²) in [5.41, 5.74) is 2.52. The first-order valence-electron chi connectivity index (χ1n) is 12.6. The molecule has 0 spiro atoms. The fraction of sp³-hybridized carbons (Fsp3) is 0.536. The average Bonchev–Trinajstić information content (AvgIpc) is 2.84. The number of amides is 2. The van der Waals surface area contributed by atoms with Gasteiger partial charge in [0.1, 0.15) is 5.82 Å². The van der Waals surface area contributed by atoms with Gasteiger partial charge in [0.2, 0.25) is 5.91 Å². The summed E-state index contributed by atoms with van der Waals surface area (Å²) in [7, 11) is 0. The third kappa shape index (κ3) is 5.78. The molecule has 1 saturated heterocycles. The van der Waals surface area contributed by atoms with Gasteiger partial charge < -0.3 is 15.1 Å². The number of carbonyl (C=O) groups excluding carboxylic acids is 2. The molecule has 1 saturated carbocycles. The molecule has 2 fully saturated rings. The molecule has 2 aliphatic rings. The Morgan fingerprint density at radius 3 is 2.29 bits per heavy atom. The number of pyridine rings is 1. The Kier molecular flexibility index (Phi) is 7.24. The molecular formula is C28H38N4O2. The quantitative estimate of drug-likeness (QED) is 0.686. The second-order valence-corrected chi connectivity index (χ2v) is 11.0. The van der Waals surface area contributed by atoms with Crippen molar-refractivity contribution in [3.63, 3.8) is 0 Å². The zero-order valence-corrected chi connectivity index (χ0v) is 21.0. The van der Waals surface area contributed by atoms with Crippen LogP contribution in [0.25, 0.3) is 0 Å². The Labute approximate surface area is 203 Å². The molecule has 6 nitrogen and oxygen atoms in total. The van der Waals surface area contributed by atoms with Gasteiger partial charge >= 0.3 is 0 Å². The van der Waals surface area contributed by atoms with E-state index >= 15 is 0 Å². The second kappa shape index (κ2) is 10.2. The minimum absolute atomic E-state index is 0.0214. The van der Waals surface area contributed by atoms with Crippen LogP contribution in [-0.2, 0) is 10.2 Å². The average molecular weight is 463 g/mol. The van der Waals surface area contributed by atoms with Crippen molar-refractivity contribution in [2.75, 3.05) is 36.4 Å². The van der Waals surface area contributed by atoms with Gasteiger partial charge in [-0.15, -0.1) is 0 Å². The number of carbonyl (C=O) groups is 2. The third-order valence-electron chi connectivity index (χ3n) is 7.28. The van der Waals surface area contributed by atoms with Gasteiger partial charge in [0.05, 0.1) is 5.56 Å². The van der Waals surface area contributed by atoms with Crippen LogP contribution in [0.4, 0.5) is 11.5 Å². The lowest BCUT2D eigenvalue weighted by molar-refractivity contribution is -0.137. The molecule has 1 aromatic carbocycles. The molecule has 6 heteroatoms. The second-order valence-electron chi connectivity index (χ2n) is 11.0. The highest BCUT2D eigenvalue weighted by Crippen LogP contribution is 2.30. The van der Waals surface area contributed by atoms with Crippen molar-refractivity contribution < 1.29 is 9.59 Å². The van der Waals surface area contributed by atoms with Crippen molar-refractivity contribution in [2.45, 2.75) is 58.8 Å². The number of hydrogen-bond acceptors (Lipinski definition) is 4. The predicted octanol–water partition coefficient (Wildman–Crippen LogP) is 5.11. The van der Waals surface area contributed by atoms with Crippen LogP contribution >= 0.6 is 0 Å². The van der Waals surface area contributed by atoms with Crippen LogP contribution < -0.4 is 10.2 Å². The van der Waals surface area contributed by atoms with E-state index in [4.69, 9.17) is 0 Å². The van der Waals surface area contributed by atoms with Crippen LogP contribution in [0, 0.1) is 11.8 Å². The molecule has 0 atom stereocenters. The molecule has 0 radical (unpaired) electrons. The van der Waals surface area contributed by atoms with E-state index in [9.17, 15) is 9.59 Å². The van der Waals surface area contributed by atoms with Crippen LogP contribution in [0.2, 0.25) is 0 Å². The number of benzene rings is 1. The number of anilines is 2. The van der Waals surface area contributed by atoms with Gasteiger partial charge in [0.15, 0.2) is 0 Å². The normalized spacial score (nSPS) is 21.3. The van der Waals surface area contributed by atoms with E-state index < -0.39 is 0 Å². The van der Waals surface area contributed by atoms with Crippen LogP contribution in [0.15, 0.2) is 42.6 Å². The van der Waals surface area contributed by atoms with Gasteiger partial charge in [-0.05, 0) is 66.8 Å². The van der Waals surface area contributed by atoms with E-state index in [0.717, 1.165) is 56.4 Å². The molecule has 0 unspecified atom stereocenters. The molecule has 182 valence electrons. The summed E-state index contributed by atoms with van der Waals surface area (Å²) in [6.07, 6.45) is 6.04. The van der Waals surface area contributed by atoms with Gasteiger partial charge in [-0.25, -0.2) is 4.98 Å². The number of rotatable bonds is 4. The molecule has 2 heterocycles. The number of hydrogen-bond donors (Lipinski definition) is 1. The van der Waals surface area contributed by atoms with E-state index in [1.54, 1.807) is 6.20 Å². The van der Waals surface area contributed by atoms with Gasteiger partial charge in [0, 0.05) is 44.0 Å². The Hall–Kier alpha value is -2.89. The highest BCUT2D eigenvalue weighted by atomic mass is 16.2. The number of piperazine rings is 1. The first-order valence-corrected chi connectivity index (χ1v) is 12.6. The molecule has 0 bridgehead atoms. The predicted molar refractivity (Wildman–Crippen MR) is 137 cm³/mol. The summed E-state index contributed by atoms with van der Waals surface area (Å²) < 4.78 is 0. The van der Waals surface area contributed by atoms with Crippen molar-refractivity contribution in [2.24, 2.45) is 11.8 Å². The third-order valence-corrected chi connectivity index (χ3v) is 7.28. The highest BCUT2D eigenvalue weighted by molar-refractivity contribution is 6.04. The molecule has 34 heavy (non-hydrogen) atoms. The fourth-order valence-corrected chi connectivity index (χ4v) is 4.90. The molecule has 1 aromatic heterocycles. The summed E-state index contributed by atoms with van der Waals surface area (Å²) in [5, 5.41) is 2.99. The maximum Gasteiger partial charge on any atom is 0.257 e. The minimum atomic E-state index is -0.165. The molecule has 1 N–H and O–H groups in total. The Morgan fingerprint density at radius 1 is 0.971 bits per heavy atom. The molecule has 1 aliphatic carbocycles. The molecule has 4 rings (SSSR count). The smallest absolute Gasteiger partial charge is 0.257 e. The zero-order chi connectivity index (χ0) is 24.3. The van der Waals surface area contributed by atoms with Crippen LogP contribution in [0.1, 0.15) is 69.3 Å². The van der Waals surface area contributed by atoms with Crippen molar-refractivity contribution >= 4 is 23.3 Å². The van der Waals surface area contributed by atoms with E-state index in [1.165, 1.54) is 18.4 Å². The number of nitrogens with one attached hydrogen (secondary N) is 1. The zero-order valence-electron chi connectivity index (χ0n) is 21.0. The molecule has 2 amide bonds. The molecule has 1 aliphatic heterocycles. The van der Waals surface area contributed by atoms with Crippen LogP contribution in [0.3, 0.4) is 0 Å². The van der Waals surface area contributed by atoms with Gasteiger partial charge in [-0.2, -0.15) is 0 Å². The lowest BCUT2D eigenvalue weighted by atomic mass is 9.82. The summed E-state index contributed by atoms with van der Waals surface area (Å²) >= 11 is 0. The lowest BCUT2D eigenvalue weighted by Gasteiger charge is -2.38. The van der Waals surface area contributed by atoms with Crippen molar-refractivity contribution in [1.29, 1.82) is 0 Å². The summed E-state index contributed by atoms with van der Waals surface area (Å²) in [5.74, 6) is 1.99. The fourth-order valence-electron chi connectivity index (χ4n) is 4.90. The molecular weight excluding hydrogens is 424 g/mol. The van der Waals surface area contributed by atoms with Gasteiger partial charge in [-0.3, -0.25) is 9.59 Å². The summed E-state index contributed by atoms with van der Waals surface area (Å²) in [6.45, 7) is 11.8. The van der Waals surface area contributed by atoms with Crippen molar-refractivity contribution in [3.05, 3.63) is 53.7 Å². The summed E-state index contributed by atoms with van der Waals surface area (Å²) in [6, 6.07) is 11.7. The van der Waals surface area contributed by atoms with E-state index in [2.05, 4.69) is 49.0 Å². The highest BCUT2D eigenvalue weighted by Gasteiger charge is 2.30. The molecule has 2 aromatic rings. The van der Waals surface area contributed by atoms with E-state index in [0.29, 0.717) is 11.5 Å². The maximum absolute atomic E-state index is 12.9. The lowest BCUT2D eigenvalue weighted by Crippen LogP contribution is -2.51. The number of aromatic nitrogens is 1. The minimum Gasteiger partial charge on any atom is -0.353 e. The topological polar surface area (TPSA) is 65.5 Å². The first kappa shape index (κ1) is 24.2. The number of nitrogens with zero attached hydrogens (tertiary/aromatic N) is 3. The van der Waals surface area contributed by atoms with Crippen LogP contribution in [-0.4, -0.2) is 47.9 Å². The van der Waals surface area contributed by atoms with Gasteiger partial charge in [0.25, 0.3) is 5.91 Å².